The molecule has 1 aromatic carbocycles. The second-order valence-electron chi connectivity index (χ2n) is 4.13. The van der Waals surface area contributed by atoms with Crippen LogP contribution in [0.2, 0.25) is 5.02 Å². The fourth-order valence-electron chi connectivity index (χ4n) is 2.02. The van der Waals surface area contributed by atoms with Crippen molar-refractivity contribution in [1.82, 2.24) is 15.5 Å². The van der Waals surface area contributed by atoms with Crippen molar-refractivity contribution in [2.75, 3.05) is 13.1 Å². The zero-order valence-electron chi connectivity index (χ0n) is 9.19. The van der Waals surface area contributed by atoms with Crippen molar-refractivity contribution in [2.24, 2.45) is 0 Å². The SMILES string of the molecule is Clc1ccccc1-c1noc([C@@H]2CCNC2)n1. The highest BCUT2D eigenvalue weighted by Gasteiger charge is 2.23. The zero-order chi connectivity index (χ0) is 11.7. The lowest BCUT2D eigenvalue weighted by atomic mass is 10.1. The van der Waals surface area contributed by atoms with E-state index in [-0.39, 0.29) is 0 Å². The Morgan fingerprint density at radius 3 is 3.00 bits per heavy atom. The fourth-order valence-corrected chi connectivity index (χ4v) is 2.24. The minimum Gasteiger partial charge on any atom is -0.339 e. The van der Waals surface area contributed by atoms with Crippen LogP contribution in [-0.2, 0) is 0 Å². The summed E-state index contributed by atoms with van der Waals surface area (Å²) in [7, 11) is 0. The number of hydrogen-bond acceptors (Lipinski definition) is 4. The van der Waals surface area contributed by atoms with E-state index in [1.165, 1.54) is 0 Å². The Hall–Kier alpha value is -1.39. The van der Waals surface area contributed by atoms with Crippen molar-refractivity contribution in [1.29, 1.82) is 0 Å². The molecule has 1 aromatic heterocycles. The summed E-state index contributed by atoms with van der Waals surface area (Å²) in [5.74, 6) is 1.60. The van der Waals surface area contributed by atoms with Crippen LogP contribution in [0.4, 0.5) is 0 Å². The number of nitrogens with zero attached hydrogens (tertiary/aromatic N) is 2. The van der Waals surface area contributed by atoms with Crippen molar-refractivity contribution in [2.45, 2.75) is 12.3 Å². The van der Waals surface area contributed by atoms with Crippen molar-refractivity contribution < 1.29 is 4.52 Å². The molecule has 0 bridgehead atoms. The van der Waals surface area contributed by atoms with Crippen LogP contribution in [0, 0.1) is 0 Å². The Morgan fingerprint density at radius 1 is 1.35 bits per heavy atom. The first kappa shape index (κ1) is 10.7. The average molecular weight is 250 g/mol. The van der Waals surface area contributed by atoms with Crippen molar-refractivity contribution in [3.8, 4) is 11.4 Å². The lowest BCUT2D eigenvalue weighted by molar-refractivity contribution is 0.359. The van der Waals surface area contributed by atoms with Gasteiger partial charge in [0.15, 0.2) is 0 Å². The van der Waals surface area contributed by atoms with Crippen LogP contribution in [0.1, 0.15) is 18.2 Å². The highest BCUT2D eigenvalue weighted by Crippen LogP contribution is 2.27. The lowest BCUT2D eigenvalue weighted by Crippen LogP contribution is -2.08. The molecule has 1 fully saturated rings. The van der Waals surface area contributed by atoms with E-state index in [1.807, 2.05) is 24.3 Å². The second-order valence-corrected chi connectivity index (χ2v) is 4.53. The summed E-state index contributed by atoms with van der Waals surface area (Å²) < 4.78 is 5.30. The molecule has 0 amide bonds. The summed E-state index contributed by atoms with van der Waals surface area (Å²) in [6.07, 6.45) is 1.05. The minimum absolute atomic E-state index is 0.332. The van der Waals surface area contributed by atoms with Crippen LogP contribution in [0.25, 0.3) is 11.4 Å². The van der Waals surface area contributed by atoms with Gasteiger partial charge in [0.2, 0.25) is 11.7 Å². The van der Waals surface area contributed by atoms with E-state index >= 15 is 0 Å². The molecule has 1 aliphatic heterocycles. The third-order valence-corrected chi connectivity index (χ3v) is 3.30. The molecule has 5 heteroatoms. The smallest absolute Gasteiger partial charge is 0.231 e. The van der Waals surface area contributed by atoms with E-state index in [4.69, 9.17) is 16.1 Å². The highest BCUT2D eigenvalue weighted by atomic mass is 35.5. The first-order valence-electron chi connectivity index (χ1n) is 5.64. The number of aromatic nitrogens is 2. The van der Waals surface area contributed by atoms with Gasteiger partial charge >= 0.3 is 0 Å². The first-order chi connectivity index (χ1) is 8.34. The molecule has 0 aliphatic carbocycles. The number of rotatable bonds is 2. The molecule has 0 saturated carbocycles. The van der Waals surface area contributed by atoms with Gasteiger partial charge in [-0.15, -0.1) is 0 Å². The molecular weight excluding hydrogens is 238 g/mol. The Balaban J connectivity index is 1.92. The maximum absolute atomic E-state index is 6.09. The average Bonchev–Trinajstić information content (AvgIpc) is 3.00. The molecule has 0 radical (unpaired) electrons. The van der Waals surface area contributed by atoms with E-state index in [9.17, 15) is 0 Å². The van der Waals surface area contributed by atoms with Gasteiger partial charge in [-0.25, -0.2) is 0 Å². The zero-order valence-corrected chi connectivity index (χ0v) is 9.94. The molecule has 0 spiro atoms. The maximum Gasteiger partial charge on any atom is 0.231 e. The normalized spacial score (nSPS) is 19.7. The molecule has 2 aromatic rings. The number of nitrogens with one attached hydrogen (secondary N) is 1. The van der Waals surface area contributed by atoms with E-state index in [2.05, 4.69) is 15.5 Å². The number of hydrogen-bond donors (Lipinski definition) is 1. The molecule has 88 valence electrons. The predicted octanol–water partition coefficient (Wildman–Crippen LogP) is 2.47. The van der Waals surface area contributed by atoms with Crippen LogP contribution in [0.5, 0.6) is 0 Å². The molecule has 2 heterocycles. The van der Waals surface area contributed by atoms with Crippen LogP contribution >= 0.6 is 11.6 Å². The molecule has 1 aliphatic rings. The van der Waals surface area contributed by atoms with E-state index in [0.29, 0.717) is 22.7 Å². The minimum atomic E-state index is 0.332. The maximum atomic E-state index is 6.09. The van der Waals surface area contributed by atoms with Gasteiger partial charge in [-0.1, -0.05) is 28.9 Å². The Morgan fingerprint density at radius 2 is 2.24 bits per heavy atom. The number of benzene rings is 1. The molecule has 1 atom stereocenters. The molecular formula is C12H12ClN3O. The van der Waals surface area contributed by atoms with E-state index in [0.717, 1.165) is 25.1 Å². The summed E-state index contributed by atoms with van der Waals surface area (Å²) in [5, 5.41) is 7.91. The summed E-state index contributed by atoms with van der Waals surface area (Å²) >= 11 is 6.09. The van der Waals surface area contributed by atoms with Crippen molar-refractivity contribution >= 4 is 11.6 Å². The van der Waals surface area contributed by atoms with Gasteiger partial charge in [0, 0.05) is 12.1 Å². The van der Waals surface area contributed by atoms with Crippen LogP contribution in [0.15, 0.2) is 28.8 Å². The molecule has 0 unspecified atom stereocenters. The monoisotopic (exact) mass is 249 g/mol. The molecule has 3 rings (SSSR count). The topological polar surface area (TPSA) is 51.0 Å². The van der Waals surface area contributed by atoms with Gasteiger partial charge in [-0.05, 0) is 25.1 Å². The molecule has 1 N–H and O–H groups in total. The molecule has 4 nitrogen and oxygen atoms in total. The Kier molecular flexibility index (Phi) is 2.82. The second kappa shape index (κ2) is 4.47. The van der Waals surface area contributed by atoms with Gasteiger partial charge in [-0.2, -0.15) is 4.98 Å². The Labute approximate surface area is 104 Å². The van der Waals surface area contributed by atoms with Gasteiger partial charge in [-0.3, -0.25) is 0 Å². The first-order valence-corrected chi connectivity index (χ1v) is 6.01. The van der Waals surface area contributed by atoms with Crippen LogP contribution < -0.4 is 5.32 Å². The largest absolute Gasteiger partial charge is 0.339 e. The quantitative estimate of drug-likeness (QED) is 0.888. The number of halogens is 1. The Bertz CT molecular complexity index is 520. The fraction of sp³-hybridized carbons (Fsp3) is 0.333. The summed E-state index contributed by atoms with van der Waals surface area (Å²) in [5.41, 5.74) is 0.815. The highest BCUT2D eigenvalue weighted by molar-refractivity contribution is 6.33. The summed E-state index contributed by atoms with van der Waals surface area (Å²) in [6.45, 7) is 1.92. The van der Waals surface area contributed by atoms with Crippen LogP contribution in [-0.4, -0.2) is 23.2 Å². The third kappa shape index (κ3) is 2.06. The van der Waals surface area contributed by atoms with E-state index in [1.54, 1.807) is 0 Å². The lowest BCUT2D eigenvalue weighted by Gasteiger charge is -1.99. The summed E-state index contributed by atoms with van der Waals surface area (Å²) in [6, 6.07) is 7.51. The molecule has 1 saturated heterocycles. The van der Waals surface area contributed by atoms with Crippen molar-refractivity contribution in [3.63, 3.8) is 0 Å². The van der Waals surface area contributed by atoms with Crippen LogP contribution in [0.3, 0.4) is 0 Å². The standard InChI is InChI=1S/C12H12ClN3O/c13-10-4-2-1-3-9(10)11-15-12(17-16-11)8-5-6-14-7-8/h1-4,8,14H,5-7H2/t8-/m1/s1. The van der Waals surface area contributed by atoms with Gasteiger partial charge in [0.05, 0.1) is 10.9 Å². The third-order valence-electron chi connectivity index (χ3n) is 2.97. The van der Waals surface area contributed by atoms with Gasteiger partial charge in [0.1, 0.15) is 0 Å². The van der Waals surface area contributed by atoms with Crippen molar-refractivity contribution in [3.05, 3.63) is 35.2 Å². The van der Waals surface area contributed by atoms with Gasteiger partial charge < -0.3 is 9.84 Å². The molecule has 17 heavy (non-hydrogen) atoms. The van der Waals surface area contributed by atoms with E-state index < -0.39 is 0 Å². The predicted molar refractivity (Wildman–Crippen MR) is 65.0 cm³/mol. The summed E-state index contributed by atoms with van der Waals surface area (Å²) in [4.78, 5) is 4.42. The van der Waals surface area contributed by atoms with Gasteiger partial charge in [0.25, 0.3) is 0 Å².